The molecule has 1 N–H and O–H groups in total. The van der Waals surface area contributed by atoms with Gasteiger partial charge in [-0.15, -0.1) is 11.3 Å². The number of aliphatic carboxylic acids is 1. The number of nitrogens with zero attached hydrogens (tertiary/aromatic N) is 2. The topological polar surface area (TPSA) is 54.6 Å². The van der Waals surface area contributed by atoms with Gasteiger partial charge in [0.25, 0.3) is 0 Å². The monoisotopic (exact) mass is 310 g/mol. The first-order chi connectivity index (χ1) is 9.40. The van der Waals surface area contributed by atoms with Crippen LogP contribution in [-0.4, -0.2) is 15.6 Å². The molecular formula is C14H15ClN2O2S. The van der Waals surface area contributed by atoms with Gasteiger partial charge >= 0.3 is 5.97 Å². The van der Waals surface area contributed by atoms with Gasteiger partial charge in [-0.05, 0) is 31.5 Å². The van der Waals surface area contributed by atoms with Crippen molar-refractivity contribution < 1.29 is 9.90 Å². The first-order valence-electron chi connectivity index (χ1n) is 6.08. The van der Waals surface area contributed by atoms with Gasteiger partial charge < -0.3 is 9.67 Å². The highest BCUT2D eigenvalue weighted by Gasteiger charge is 2.16. The Balaban J connectivity index is 2.42. The Hall–Kier alpha value is -1.59. The van der Waals surface area contributed by atoms with Crippen molar-refractivity contribution in [3.8, 4) is 0 Å². The largest absolute Gasteiger partial charge is 0.481 e. The molecule has 1 aromatic carbocycles. The van der Waals surface area contributed by atoms with Crippen molar-refractivity contribution in [2.45, 2.75) is 19.8 Å². The molecule has 0 radical (unpaired) electrons. The molecule has 106 valence electrons. The van der Waals surface area contributed by atoms with Gasteiger partial charge in [-0.2, -0.15) is 0 Å². The second kappa shape index (κ2) is 5.81. The number of hydrogen-bond acceptors (Lipinski definition) is 3. The lowest BCUT2D eigenvalue weighted by Crippen LogP contribution is -2.11. The predicted octanol–water partition coefficient (Wildman–Crippen LogP) is 3.47. The van der Waals surface area contributed by atoms with Crippen LogP contribution in [0.2, 0.25) is 5.02 Å². The molecule has 2 aromatic rings. The van der Waals surface area contributed by atoms with E-state index in [4.69, 9.17) is 16.7 Å². The highest BCUT2D eigenvalue weighted by Crippen LogP contribution is 2.28. The Morgan fingerprint density at radius 2 is 2.20 bits per heavy atom. The fraction of sp³-hybridized carbons (Fsp3) is 0.286. The van der Waals surface area contributed by atoms with E-state index in [0.29, 0.717) is 16.3 Å². The number of aryl methyl sites for hydroxylation is 1. The van der Waals surface area contributed by atoms with E-state index in [0.717, 1.165) is 10.5 Å². The van der Waals surface area contributed by atoms with Gasteiger partial charge in [-0.25, -0.2) is 4.99 Å². The van der Waals surface area contributed by atoms with Gasteiger partial charge in [-0.1, -0.05) is 17.7 Å². The summed E-state index contributed by atoms with van der Waals surface area (Å²) >= 11 is 7.70. The highest BCUT2D eigenvalue weighted by atomic mass is 35.5. The Labute approximate surface area is 126 Å². The van der Waals surface area contributed by atoms with Crippen LogP contribution in [0.5, 0.6) is 0 Å². The van der Waals surface area contributed by atoms with Gasteiger partial charge in [0.2, 0.25) is 0 Å². The summed E-state index contributed by atoms with van der Waals surface area (Å²) in [6.07, 6.45) is 0. The molecule has 0 saturated heterocycles. The van der Waals surface area contributed by atoms with E-state index in [1.165, 1.54) is 0 Å². The van der Waals surface area contributed by atoms with E-state index in [1.54, 1.807) is 36.5 Å². The van der Waals surface area contributed by atoms with Crippen molar-refractivity contribution in [3.05, 3.63) is 44.7 Å². The van der Waals surface area contributed by atoms with Gasteiger partial charge in [0.05, 0.1) is 11.6 Å². The maximum atomic E-state index is 11.0. The van der Waals surface area contributed by atoms with Crippen LogP contribution in [0.25, 0.3) is 0 Å². The molecular weight excluding hydrogens is 296 g/mol. The van der Waals surface area contributed by atoms with Crippen molar-refractivity contribution in [2.75, 3.05) is 0 Å². The lowest BCUT2D eigenvalue weighted by atomic mass is 10.0. The van der Waals surface area contributed by atoms with E-state index in [2.05, 4.69) is 4.99 Å². The van der Waals surface area contributed by atoms with E-state index in [-0.39, 0.29) is 0 Å². The molecule has 0 fully saturated rings. The quantitative estimate of drug-likeness (QED) is 0.943. The molecule has 0 aliphatic heterocycles. The summed E-state index contributed by atoms with van der Waals surface area (Å²) < 4.78 is 1.99. The van der Waals surface area contributed by atoms with Crippen LogP contribution in [0.1, 0.15) is 24.1 Å². The first kappa shape index (κ1) is 14.8. The number of hydrogen-bond donors (Lipinski definition) is 1. The summed E-state index contributed by atoms with van der Waals surface area (Å²) in [5, 5.41) is 11.5. The SMILES string of the molecule is Cc1cs/c(=N\c2ccc(C(C)C(=O)O)c(Cl)c2)n1C. The number of thiazole rings is 1. The molecule has 1 atom stereocenters. The summed E-state index contributed by atoms with van der Waals surface area (Å²) in [5.41, 5.74) is 2.45. The summed E-state index contributed by atoms with van der Waals surface area (Å²) in [6.45, 7) is 3.63. The second-order valence-corrected chi connectivity index (χ2v) is 5.84. The van der Waals surface area contributed by atoms with Crippen LogP contribution in [0.4, 0.5) is 5.69 Å². The van der Waals surface area contributed by atoms with Crippen molar-refractivity contribution in [3.63, 3.8) is 0 Å². The summed E-state index contributed by atoms with van der Waals surface area (Å²) in [6, 6.07) is 5.21. The number of rotatable bonds is 3. The van der Waals surface area contributed by atoms with E-state index >= 15 is 0 Å². The smallest absolute Gasteiger partial charge is 0.310 e. The molecule has 0 aliphatic carbocycles. The number of carboxylic acid groups (broad SMARTS) is 1. The molecule has 0 saturated carbocycles. The third-order valence-electron chi connectivity index (χ3n) is 3.20. The highest BCUT2D eigenvalue weighted by molar-refractivity contribution is 7.07. The standard InChI is InChI=1S/C14H15ClN2O2S/c1-8-7-20-14(17(8)3)16-10-4-5-11(12(15)6-10)9(2)13(18)19/h4-7,9H,1-3H3,(H,18,19)/b16-14-. The Morgan fingerprint density at radius 3 is 2.70 bits per heavy atom. The molecule has 1 aromatic heterocycles. The molecule has 0 spiro atoms. The van der Waals surface area contributed by atoms with Crippen molar-refractivity contribution in [1.82, 2.24) is 4.57 Å². The van der Waals surface area contributed by atoms with Crippen molar-refractivity contribution >= 4 is 34.6 Å². The third kappa shape index (κ3) is 2.94. The molecule has 2 rings (SSSR count). The minimum Gasteiger partial charge on any atom is -0.481 e. The lowest BCUT2D eigenvalue weighted by molar-refractivity contribution is -0.138. The zero-order chi connectivity index (χ0) is 14.9. The van der Waals surface area contributed by atoms with Crippen LogP contribution < -0.4 is 4.80 Å². The number of benzene rings is 1. The Kier molecular flexibility index (Phi) is 4.30. The predicted molar refractivity (Wildman–Crippen MR) is 80.8 cm³/mol. The Bertz CT molecular complexity index is 718. The van der Waals surface area contributed by atoms with Crippen LogP contribution in [-0.2, 0) is 11.8 Å². The normalized spacial score (nSPS) is 13.5. The van der Waals surface area contributed by atoms with Gasteiger partial charge in [-0.3, -0.25) is 4.79 Å². The van der Waals surface area contributed by atoms with Gasteiger partial charge in [0, 0.05) is 23.1 Å². The lowest BCUT2D eigenvalue weighted by Gasteiger charge is -2.09. The molecule has 0 amide bonds. The average Bonchev–Trinajstić information content (AvgIpc) is 2.70. The fourth-order valence-electron chi connectivity index (χ4n) is 1.73. The van der Waals surface area contributed by atoms with E-state index in [1.807, 2.05) is 23.9 Å². The molecule has 6 heteroatoms. The maximum Gasteiger partial charge on any atom is 0.310 e. The minimum absolute atomic E-state index is 0.428. The third-order valence-corrected chi connectivity index (χ3v) is 4.56. The van der Waals surface area contributed by atoms with Gasteiger partial charge in [0.1, 0.15) is 0 Å². The second-order valence-electron chi connectivity index (χ2n) is 4.60. The summed E-state index contributed by atoms with van der Waals surface area (Å²) in [5.74, 6) is -1.52. The van der Waals surface area contributed by atoms with Gasteiger partial charge in [0.15, 0.2) is 4.80 Å². The molecule has 4 nitrogen and oxygen atoms in total. The number of carbonyl (C=O) groups is 1. The minimum atomic E-state index is -0.892. The number of halogens is 1. The van der Waals surface area contributed by atoms with Crippen LogP contribution in [0.15, 0.2) is 28.6 Å². The fourth-order valence-corrected chi connectivity index (χ4v) is 2.96. The van der Waals surface area contributed by atoms with Crippen LogP contribution in [0, 0.1) is 6.92 Å². The van der Waals surface area contributed by atoms with Crippen molar-refractivity contribution in [2.24, 2.45) is 12.0 Å². The summed E-state index contributed by atoms with van der Waals surface area (Å²) in [4.78, 5) is 16.4. The molecule has 1 unspecified atom stereocenters. The number of carboxylic acids is 1. The van der Waals surface area contributed by atoms with E-state index in [9.17, 15) is 4.79 Å². The Morgan fingerprint density at radius 1 is 1.50 bits per heavy atom. The van der Waals surface area contributed by atoms with Crippen molar-refractivity contribution in [1.29, 1.82) is 0 Å². The number of aromatic nitrogens is 1. The van der Waals surface area contributed by atoms with Crippen LogP contribution >= 0.6 is 22.9 Å². The first-order valence-corrected chi connectivity index (χ1v) is 7.34. The van der Waals surface area contributed by atoms with Crippen LogP contribution in [0.3, 0.4) is 0 Å². The molecule has 0 aliphatic rings. The summed E-state index contributed by atoms with van der Waals surface area (Å²) in [7, 11) is 1.95. The maximum absolute atomic E-state index is 11.0. The molecule has 0 bridgehead atoms. The zero-order valence-electron chi connectivity index (χ0n) is 11.4. The molecule has 20 heavy (non-hydrogen) atoms. The zero-order valence-corrected chi connectivity index (χ0v) is 13.0. The molecule has 1 heterocycles. The average molecular weight is 311 g/mol. The van der Waals surface area contributed by atoms with E-state index < -0.39 is 11.9 Å².